The molecule has 0 saturated heterocycles. The topological polar surface area (TPSA) is 49.3 Å². The minimum atomic E-state index is -0.900. The first-order valence-corrected chi connectivity index (χ1v) is 5.20. The Kier molecular flexibility index (Phi) is 2.79. The zero-order valence-corrected chi connectivity index (χ0v) is 9.55. The van der Waals surface area contributed by atoms with Gasteiger partial charge in [-0.2, -0.15) is 0 Å². The van der Waals surface area contributed by atoms with Crippen LogP contribution < -0.4 is 5.32 Å². The molecule has 14 heavy (non-hydrogen) atoms. The van der Waals surface area contributed by atoms with E-state index in [1.54, 1.807) is 0 Å². The van der Waals surface area contributed by atoms with Crippen LogP contribution in [0.2, 0.25) is 0 Å². The predicted molar refractivity (Wildman–Crippen MR) is 56.4 cm³/mol. The highest BCUT2D eigenvalue weighted by Gasteiger charge is 2.38. The molecule has 0 atom stereocenters. The molecular formula is C11H21NO2. The summed E-state index contributed by atoms with van der Waals surface area (Å²) in [6.45, 7) is 8.85. The summed E-state index contributed by atoms with van der Waals surface area (Å²) in [5.41, 5.74) is 0.490. The van der Waals surface area contributed by atoms with Gasteiger partial charge in [0.15, 0.2) is 0 Å². The highest BCUT2D eigenvalue weighted by atomic mass is 16.4. The lowest BCUT2D eigenvalue weighted by atomic mass is 9.63. The summed E-state index contributed by atoms with van der Waals surface area (Å²) < 4.78 is 0. The number of carbonyl (C=O) groups is 1. The minimum Gasteiger partial charge on any atom is -0.465 e. The smallest absolute Gasteiger partial charge is 0.404 e. The first-order valence-electron chi connectivity index (χ1n) is 5.20. The Morgan fingerprint density at radius 1 is 1.21 bits per heavy atom. The highest BCUT2D eigenvalue weighted by molar-refractivity contribution is 5.64. The molecule has 0 radical (unpaired) electrons. The van der Waals surface area contributed by atoms with Crippen LogP contribution in [0.5, 0.6) is 0 Å². The molecule has 1 saturated carbocycles. The molecular weight excluding hydrogens is 178 g/mol. The van der Waals surface area contributed by atoms with E-state index in [2.05, 4.69) is 33.0 Å². The largest absolute Gasteiger partial charge is 0.465 e. The second kappa shape index (κ2) is 3.44. The SMILES string of the molecule is CC1(C)CC(NC(=O)O)CC(C)(C)C1. The van der Waals surface area contributed by atoms with Crippen molar-refractivity contribution in [2.45, 2.75) is 53.0 Å². The molecule has 0 bridgehead atoms. The van der Waals surface area contributed by atoms with Gasteiger partial charge in [0.1, 0.15) is 0 Å². The third kappa shape index (κ3) is 3.20. The molecule has 1 aliphatic carbocycles. The molecule has 3 nitrogen and oxygen atoms in total. The molecule has 0 heterocycles. The quantitative estimate of drug-likeness (QED) is 0.682. The van der Waals surface area contributed by atoms with E-state index >= 15 is 0 Å². The Labute approximate surface area is 85.9 Å². The lowest BCUT2D eigenvalue weighted by Crippen LogP contribution is -2.45. The maximum absolute atomic E-state index is 10.6. The zero-order chi connectivity index (χ0) is 11.0. The van der Waals surface area contributed by atoms with Crippen molar-refractivity contribution in [1.82, 2.24) is 5.32 Å². The summed E-state index contributed by atoms with van der Waals surface area (Å²) in [4.78, 5) is 10.6. The van der Waals surface area contributed by atoms with Crippen molar-refractivity contribution in [1.29, 1.82) is 0 Å². The van der Waals surface area contributed by atoms with E-state index in [1.807, 2.05) is 0 Å². The van der Waals surface area contributed by atoms with Gasteiger partial charge in [-0.05, 0) is 30.1 Å². The summed E-state index contributed by atoms with van der Waals surface area (Å²) in [5.74, 6) is 0. The standard InChI is InChI=1S/C11H21NO2/c1-10(2)5-8(12-9(13)14)6-11(3,4)7-10/h8,12H,5-7H2,1-4H3,(H,13,14). The molecule has 0 aliphatic heterocycles. The molecule has 2 N–H and O–H groups in total. The van der Waals surface area contributed by atoms with Crippen LogP contribution in [-0.4, -0.2) is 17.2 Å². The molecule has 3 heteroatoms. The number of nitrogens with one attached hydrogen (secondary N) is 1. The molecule has 1 rings (SSSR count). The van der Waals surface area contributed by atoms with Gasteiger partial charge in [0.25, 0.3) is 0 Å². The van der Waals surface area contributed by atoms with Gasteiger partial charge in [0.2, 0.25) is 0 Å². The lowest BCUT2D eigenvalue weighted by Gasteiger charge is -2.44. The van der Waals surface area contributed by atoms with E-state index in [0.717, 1.165) is 19.3 Å². The van der Waals surface area contributed by atoms with E-state index in [9.17, 15) is 4.79 Å². The van der Waals surface area contributed by atoms with Crippen molar-refractivity contribution < 1.29 is 9.90 Å². The lowest BCUT2D eigenvalue weighted by molar-refractivity contribution is 0.0838. The fraction of sp³-hybridized carbons (Fsp3) is 0.909. The van der Waals surface area contributed by atoms with Crippen LogP contribution in [0.25, 0.3) is 0 Å². The highest BCUT2D eigenvalue weighted by Crippen LogP contribution is 2.45. The molecule has 1 fully saturated rings. The number of rotatable bonds is 1. The maximum atomic E-state index is 10.6. The normalized spacial score (nSPS) is 25.7. The van der Waals surface area contributed by atoms with Crippen LogP contribution in [0.3, 0.4) is 0 Å². The third-order valence-electron chi connectivity index (χ3n) is 2.88. The summed E-state index contributed by atoms with van der Waals surface area (Å²) in [6, 6.07) is 0.117. The number of amides is 1. The fourth-order valence-electron chi connectivity index (χ4n) is 3.12. The third-order valence-corrected chi connectivity index (χ3v) is 2.88. The average Bonchev–Trinajstić information content (AvgIpc) is 1.74. The van der Waals surface area contributed by atoms with E-state index in [4.69, 9.17) is 5.11 Å². The monoisotopic (exact) mass is 199 g/mol. The van der Waals surface area contributed by atoms with Crippen molar-refractivity contribution in [2.24, 2.45) is 10.8 Å². The second-order valence-corrected chi connectivity index (χ2v) is 6.06. The zero-order valence-electron chi connectivity index (χ0n) is 9.55. The molecule has 0 aromatic heterocycles. The van der Waals surface area contributed by atoms with Gasteiger partial charge in [-0.15, -0.1) is 0 Å². The molecule has 0 unspecified atom stereocenters. The molecule has 0 aromatic rings. The molecule has 1 aliphatic rings. The van der Waals surface area contributed by atoms with Crippen LogP contribution in [0, 0.1) is 10.8 Å². The van der Waals surface area contributed by atoms with Gasteiger partial charge in [-0.25, -0.2) is 4.79 Å². The first kappa shape index (κ1) is 11.3. The summed E-state index contributed by atoms with van der Waals surface area (Å²) in [6.07, 6.45) is 2.16. The van der Waals surface area contributed by atoms with Gasteiger partial charge < -0.3 is 10.4 Å². The van der Waals surface area contributed by atoms with Crippen molar-refractivity contribution in [3.05, 3.63) is 0 Å². The molecule has 0 aromatic carbocycles. The molecule has 82 valence electrons. The average molecular weight is 199 g/mol. The van der Waals surface area contributed by atoms with Crippen LogP contribution in [0.1, 0.15) is 47.0 Å². The minimum absolute atomic E-state index is 0.117. The second-order valence-electron chi connectivity index (χ2n) is 6.06. The van der Waals surface area contributed by atoms with Crippen LogP contribution in [0.4, 0.5) is 4.79 Å². The van der Waals surface area contributed by atoms with Crippen molar-refractivity contribution in [3.8, 4) is 0 Å². The van der Waals surface area contributed by atoms with Gasteiger partial charge in [-0.3, -0.25) is 0 Å². The Morgan fingerprint density at radius 3 is 2.00 bits per heavy atom. The van der Waals surface area contributed by atoms with Crippen molar-refractivity contribution in [2.75, 3.05) is 0 Å². The van der Waals surface area contributed by atoms with Crippen LogP contribution in [0.15, 0.2) is 0 Å². The van der Waals surface area contributed by atoms with Crippen LogP contribution in [-0.2, 0) is 0 Å². The van der Waals surface area contributed by atoms with Gasteiger partial charge >= 0.3 is 6.09 Å². The predicted octanol–water partition coefficient (Wildman–Crippen LogP) is 2.86. The number of hydrogen-bond acceptors (Lipinski definition) is 1. The van der Waals surface area contributed by atoms with E-state index < -0.39 is 6.09 Å². The van der Waals surface area contributed by atoms with Gasteiger partial charge in [0.05, 0.1) is 0 Å². The Morgan fingerprint density at radius 2 is 1.64 bits per heavy atom. The maximum Gasteiger partial charge on any atom is 0.404 e. The first-order chi connectivity index (χ1) is 6.20. The Bertz CT molecular complexity index is 217. The van der Waals surface area contributed by atoms with Crippen molar-refractivity contribution >= 4 is 6.09 Å². The summed E-state index contributed by atoms with van der Waals surface area (Å²) in [7, 11) is 0. The number of carboxylic acid groups (broad SMARTS) is 1. The van der Waals surface area contributed by atoms with E-state index in [1.165, 1.54) is 0 Å². The molecule has 0 spiro atoms. The Hall–Kier alpha value is -0.730. The van der Waals surface area contributed by atoms with Crippen molar-refractivity contribution in [3.63, 3.8) is 0 Å². The number of hydrogen-bond donors (Lipinski definition) is 2. The summed E-state index contributed by atoms with van der Waals surface area (Å²) in [5, 5.41) is 11.3. The van der Waals surface area contributed by atoms with Gasteiger partial charge in [-0.1, -0.05) is 27.7 Å². The Balaban J connectivity index is 2.66. The van der Waals surface area contributed by atoms with E-state index in [0.29, 0.717) is 0 Å². The molecule has 1 amide bonds. The van der Waals surface area contributed by atoms with Crippen LogP contribution >= 0.6 is 0 Å². The van der Waals surface area contributed by atoms with Gasteiger partial charge in [0, 0.05) is 6.04 Å². The fourth-order valence-corrected chi connectivity index (χ4v) is 3.12. The van der Waals surface area contributed by atoms with E-state index in [-0.39, 0.29) is 16.9 Å². The summed E-state index contributed by atoms with van der Waals surface area (Å²) >= 11 is 0.